The number of nitrogens with one attached hydrogen (secondary N) is 1. The molecule has 0 atom stereocenters. The summed E-state index contributed by atoms with van der Waals surface area (Å²) in [4.78, 5) is 37.7. The average molecular weight is 457 g/mol. The van der Waals surface area contributed by atoms with Crippen molar-refractivity contribution in [1.29, 1.82) is 0 Å². The average Bonchev–Trinajstić information content (AvgIpc) is 2.82. The lowest BCUT2D eigenvalue weighted by Gasteiger charge is -2.27. The van der Waals surface area contributed by atoms with Crippen molar-refractivity contribution in [2.75, 3.05) is 38.9 Å². The molecule has 3 rings (SSSR count). The molecular weight excluding hydrogens is 430 g/mol. The maximum Gasteiger partial charge on any atom is 0.286 e. The SMILES string of the molecule is COCCOc1cc([N+](=O)[O-])c(C(=O)NCc2cccc(N3CCCCC3=O)c2)cc1OC. The molecular formula is C23H27N3O7. The minimum Gasteiger partial charge on any atom is -0.493 e. The zero-order chi connectivity index (χ0) is 23.8. The predicted molar refractivity (Wildman–Crippen MR) is 121 cm³/mol. The Balaban J connectivity index is 1.76. The summed E-state index contributed by atoms with van der Waals surface area (Å²) in [5, 5.41) is 14.3. The molecule has 0 unspecified atom stereocenters. The van der Waals surface area contributed by atoms with Crippen LogP contribution in [0, 0.1) is 10.1 Å². The summed E-state index contributed by atoms with van der Waals surface area (Å²) in [5.74, 6) is -0.190. The first kappa shape index (κ1) is 24.0. The van der Waals surface area contributed by atoms with Crippen molar-refractivity contribution in [1.82, 2.24) is 5.32 Å². The number of carbonyl (C=O) groups is 2. The predicted octanol–water partition coefficient (Wildman–Crippen LogP) is 3.08. The van der Waals surface area contributed by atoms with Crippen molar-refractivity contribution in [3.63, 3.8) is 0 Å². The third kappa shape index (κ3) is 5.98. The second kappa shape index (κ2) is 11.3. The lowest BCUT2D eigenvalue weighted by molar-refractivity contribution is -0.385. The van der Waals surface area contributed by atoms with Gasteiger partial charge in [0, 0.05) is 38.4 Å². The van der Waals surface area contributed by atoms with E-state index in [1.165, 1.54) is 26.4 Å². The normalized spacial score (nSPS) is 13.5. The van der Waals surface area contributed by atoms with Crippen LogP contribution in [0.3, 0.4) is 0 Å². The fourth-order valence-corrected chi connectivity index (χ4v) is 3.58. The number of rotatable bonds is 10. The largest absolute Gasteiger partial charge is 0.493 e. The smallest absolute Gasteiger partial charge is 0.286 e. The van der Waals surface area contributed by atoms with Crippen LogP contribution in [0.25, 0.3) is 0 Å². The van der Waals surface area contributed by atoms with Gasteiger partial charge in [-0.3, -0.25) is 19.7 Å². The first-order valence-electron chi connectivity index (χ1n) is 10.6. The minimum atomic E-state index is -0.639. The van der Waals surface area contributed by atoms with Gasteiger partial charge in [-0.2, -0.15) is 0 Å². The highest BCUT2D eigenvalue weighted by Gasteiger charge is 2.25. The van der Waals surface area contributed by atoms with Crippen LogP contribution in [0.4, 0.5) is 11.4 Å². The monoisotopic (exact) mass is 457 g/mol. The Bertz CT molecular complexity index is 1030. The van der Waals surface area contributed by atoms with E-state index in [1.54, 1.807) is 4.90 Å². The van der Waals surface area contributed by atoms with E-state index >= 15 is 0 Å². The Labute approximate surface area is 191 Å². The molecule has 0 radical (unpaired) electrons. The van der Waals surface area contributed by atoms with E-state index in [0.29, 0.717) is 19.6 Å². The van der Waals surface area contributed by atoms with E-state index in [9.17, 15) is 19.7 Å². The standard InChI is InChI=1S/C23H27N3O7/c1-31-10-11-33-21-14-19(26(29)30)18(13-20(21)32-2)23(28)24-15-16-6-5-7-17(12-16)25-9-4-3-8-22(25)27/h5-7,12-14H,3-4,8-11,15H2,1-2H3,(H,24,28). The molecule has 2 amide bonds. The van der Waals surface area contributed by atoms with Crippen molar-refractivity contribution in [3.05, 3.63) is 57.6 Å². The maximum atomic E-state index is 12.8. The van der Waals surface area contributed by atoms with Gasteiger partial charge in [0.05, 0.1) is 24.7 Å². The number of nitro benzene ring substituents is 1. The number of carbonyl (C=O) groups excluding carboxylic acids is 2. The van der Waals surface area contributed by atoms with E-state index in [-0.39, 0.29) is 36.1 Å². The van der Waals surface area contributed by atoms with Crippen molar-refractivity contribution in [3.8, 4) is 11.5 Å². The van der Waals surface area contributed by atoms with Crippen LogP contribution in [0.2, 0.25) is 0 Å². The zero-order valence-corrected chi connectivity index (χ0v) is 18.7. The number of hydrogen-bond acceptors (Lipinski definition) is 7. The molecule has 0 spiro atoms. The summed E-state index contributed by atoms with van der Waals surface area (Å²) in [6.07, 6.45) is 2.37. The minimum absolute atomic E-state index is 0.0814. The van der Waals surface area contributed by atoms with Gasteiger partial charge in [0.2, 0.25) is 5.91 Å². The Morgan fingerprint density at radius 1 is 1.15 bits per heavy atom. The third-order valence-electron chi connectivity index (χ3n) is 5.27. The lowest BCUT2D eigenvalue weighted by atomic mass is 10.1. The molecule has 1 aliphatic heterocycles. The second-order valence-corrected chi connectivity index (χ2v) is 7.47. The fourth-order valence-electron chi connectivity index (χ4n) is 3.58. The van der Waals surface area contributed by atoms with Gasteiger partial charge >= 0.3 is 0 Å². The summed E-state index contributed by atoms with van der Waals surface area (Å²) in [7, 11) is 2.90. The van der Waals surface area contributed by atoms with Crippen LogP contribution < -0.4 is 19.7 Å². The summed E-state index contributed by atoms with van der Waals surface area (Å²) < 4.78 is 15.7. The molecule has 1 fully saturated rings. The Hall–Kier alpha value is -3.66. The molecule has 0 bridgehead atoms. The van der Waals surface area contributed by atoms with Crippen molar-refractivity contribution in [2.45, 2.75) is 25.8 Å². The van der Waals surface area contributed by atoms with Crippen LogP contribution in [0.1, 0.15) is 35.2 Å². The second-order valence-electron chi connectivity index (χ2n) is 7.47. The van der Waals surface area contributed by atoms with Gasteiger partial charge in [-0.1, -0.05) is 12.1 Å². The van der Waals surface area contributed by atoms with Crippen molar-refractivity contribution < 1.29 is 28.7 Å². The number of nitrogens with zero attached hydrogens (tertiary/aromatic N) is 2. The van der Waals surface area contributed by atoms with Crippen LogP contribution in [-0.4, -0.2) is 50.7 Å². The van der Waals surface area contributed by atoms with E-state index in [4.69, 9.17) is 14.2 Å². The molecule has 0 aliphatic carbocycles. The van der Waals surface area contributed by atoms with Crippen LogP contribution >= 0.6 is 0 Å². The summed E-state index contributed by atoms with van der Waals surface area (Å²) >= 11 is 0. The van der Waals surface area contributed by atoms with Gasteiger partial charge < -0.3 is 24.4 Å². The highest BCUT2D eigenvalue weighted by Crippen LogP contribution is 2.35. The summed E-state index contributed by atoms with van der Waals surface area (Å²) in [6.45, 7) is 1.27. The number of amides is 2. The molecule has 0 aromatic heterocycles. The van der Waals surface area contributed by atoms with Crippen molar-refractivity contribution >= 4 is 23.2 Å². The van der Waals surface area contributed by atoms with E-state index in [2.05, 4.69) is 5.32 Å². The molecule has 176 valence electrons. The maximum absolute atomic E-state index is 12.8. The number of anilines is 1. The van der Waals surface area contributed by atoms with E-state index in [0.717, 1.165) is 24.1 Å². The van der Waals surface area contributed by atoms with Gasteiger partial charge in [-0.05, 0) is 30.5 Å². The quantitative estimate of drug-likeness (QED) is 0.331. The summed E-state index contributed by atoms with van der Waals surface area (Å²) in [5.41, 5.74) is 1.01. The number of methoxy groups -OCH3 is 2. The number of hydrogen-bond donors (Lipinski definition) is 1. The highest BCUT2D eigenvalue weighted by molar-refractivity contribution is 5.99. The Morgan fingerprint density at radius 2 is 1.97 bits per heavy atom. The number of benzene rings is 2. The van der Waals surface area contributed by atoms with E-state index < -0.39 is 16.5 Å². The molecule has 1 aliphatic rings. The molecule has 0 saturated carbocycles. The molecule has 2 aromatic carbocycles. The molecule has 2 aromatic rings. The molecule has 1 N–H and O–H groups in total. The fraction of sp³-hybridized carbons (Fsp3) is 0.391. The molecule has 10 heteroatoms. The van der Waals surface area contributed by atoms with Crippen LogP contribution in [0.5, 0.6) is 11.5 Å². The van der Waals surface area contributed by atoms with Gasteiger partial charge in [0.25, 0.3) is 11.6 Å². The van der Waals surface area contributed by atoms with Gasteiger partial charge in [-0.25, -0.2) is 0 Å². The molecule has 1 heterocycles. The van der Waals surface area contributed by atoms with Gasteiger partial charge in [-0.15, -0.1) is 0 Å². The highest BCUT2D eigenvalue weighted by atomic mass is 16.6. The Kier molecular flexibility index (Phi) is 8.20. The van der Waals surface area contributed by atoms with E-state index in [1.807, 2.05) is 24.3 Å². The topological polar surface area (TPSA) is 120 Å². The van der Waals surface area contributed by atoms with Crippen LogP contribution in [0.15, 0.2) is 36.4 Å². The molecule has 1 saturated heterocycles. The Morgan fingerprint density at radius 3 is 2.67 bits per heavy atom. The third-order valence-corrected chi connectivity index (χ3v) is 5.27. The molecule has 33 heavy (non-hydrogen) atoms. The first-order valence-corrected chi connectivity index (χ1v) is 10.6. The summed E-state index contributed by atoms with van der Waals surface area (Å²) in [6, 6.07) is 9.79. The van der Waals surface area contributed by atoms with Gasteiger partial charge in [0.15, 0.2) is 11.5 Å². The van der Waals surface area contributed by atoms with Gasteiger partial charge in [0.1, 0.15) is 12.2 Å². The zero-order valence-electron chi connectivity index (χ0n) is 18.7. The number of piperidine rings is 1. The van der Waals surface area contributed by atoms with Crippen LogP contribution in [-0.2, 0) is 16.1 Å². The number of ether oxygens (including phenoxy) is 3. The lowest BCUT2D eigenvalue weighted by Crippen LogP contribution is -2.35. The number of nitro groups is 1. The first-order chi connectivity index (χ1) is 15.9. The van der Waals surface area contributed by atoms with Crippen molar-refractivity contribution in [2.24, 2.45) is 0 Å². The molecule has 10 nitrogen and oxygen atoms in total.